The van der Waals surface area contributed by atoms with Gasteiger partial charge in [0.25, 0.3) is 0 Å². The van der Waals surface area contributed by atoms with E-state index in [2.05, 4.69) is 20.3 Å². The van der Waals surface area contributed by atoms with Crippen molar-refractivity contribution in [3.05, 3.63) is 18.5 Å². The molecule has 0 aromatic carbocycles. The molecule has 2 rings (SSSR count). The number of nitrogens with one attached hydrogen (secondary N) is 1. The summed E-state index contributed by atoms with van der Waals surface area (Å²) in [5.74, 6) is 1.72. The second kappa shape index (κ2) is 7.89. The lowest BCUT2D eigenvalue weighted by Crippen LogP contribution is -2.41. The van der Waals surface area contributed by atoms with Crippen LogP contribution in [0.5, 0.6) is 0 Å². The van der Waals surface area contributed by atoms with Crippen LogP contribution in [0.15, 0.2) is 23.5 Å². The summed E-state index contributed by atoms with van der Waals surface area (Å²) in [6, 6.07) is 1.93. The van der Waals surface area contributed by atoms with Crippen molar-refractivity contribution in [2.45, 2.75) is 19.4 Å². The van der Waals surface area contributed by atoms with E-state index in [1.54, 1.807) is 13.2 Å². The smallest absolute Gasteiger partial charge is 0.193 e. The highest BCUT2D eigenvalue weighted by atomic mass is 16.5. The van der Waals surface area contributed by atoms with E-state index in [0.717, 1.165) is 44.7 Å². The number of guanidine groups is 1. The first-order valence-electron chi connectivity index (χ1n) is 7.26. The number of aromatic nitrogens is 2. The number of nitrogens with zero attached hydrogens (tertiary/aromatic N) is 4. The molecule has 0 saturated heterocycles. The number of likely N-dealkylation sites (N-methyl/N-ethyl adjacent to an activating group) is 1. The minimum atomic E-state index is 0.757. The maximum atomic E-state index is 5.65. The van der Waals surface area contributed by atoms with Crippen LogP contribution in [0.25, 0.3) is 0 Å². The fraction of sp³-hybridized carbons (Fsp3) is 0.714. The molecule has 0 unspecified atom stereocenters. The number of hydrogen-bond donors (Lipinski definition) is 1. The predicted molar refractivity (Wildman–Crippen MR) is 79.8 cm³/mol. The van der Waals surface area contributed by atoms with Crippen molar-refractivity contribution in [1.29, 1.82) is 0 Å². The Balaban J connectivity index is 1.59. The summed E-state index contributed by atoms with van der Waals surface area (Å²) >= 11 is 0. The molecule has 1 aliphatic rings. The zero-order valence-corrected chi connectivity index (χ0v) is 12.5. The van der Waals surface area contributed by atoms with Crippen molar-refractivity contribution in [2.24, 2.45) is 10.9 Å². The first-order valence-corrected chi connectivity index (χ1v) is 7.26. The monoisotopic (exact) mass is 279 g/mol. The lowest BCUT2D eigenvalue weighted by Gasteiger charge is -2.22. The molecular formula is C14H25N5O. The number of ether oxygens (including phenoxy) is 1. The molecule has 20 heavy (non-hydrogen) atoms. The maximum absolute atomic E-state index is 5.65. The summed E-state index contributed by atoms with van der Waals surface area (Å²) < 4.78 is 7.55. The van der Waals surface area contributed by atoms with Gasteiger partial charge in [-0.3, -0.25) is 9.67 Å². The summed E-state index contributed by atoms with van der Waals surface area (Å²) in [5.41, 5.74) is 0. The Hall–Kier alpha value is -1.56. The summed E-state index contributed by atoms with van der Waals surface area (Å²) in [5, 5.41) is 7.50. The van der Waals surface area contributed by atoms with E-state index in [1.165, 1.54) is 12.8 Å². The summed E-state index contributed by atoms with van der Waals surface area (Å²) in [6.45, 7) is 4.17. The summed E-state index contributed by atoms with van der Waals surface area (Å²) in [4.78, 5) is 6.37. The van der Waals surface area contributed by atoms with Gasteiger partial charge < -0.3 is 15.0 Å². The van der Waals surface area contributed by atoms with E-state index in [1.807, 2.05) is 24.0 Å². The van der Waals surface area contributed by atoms with E-state index in [9.17, 15) is 0 Å². The quantitative estimate of drug-likeness (QED) is 0.435. The minimum Gasteiger partial charge on any atom is -0.379 e. The predicted octanol–water partition coefficient (Wildman–Crippen LogP) is 0.817. The van der Waals surface area contributed by atoms with Gasteiger partial charge in [0.1, 0.15) is 0 Å². The molecule has 112 valence electrons. The molecule has 0 aliphatic heterocycles. The van der Waals surface area contributed by atoms with Gasteiger partial charge in [0.05, 0.1) is 13.2 Å². The Morgan fingerprint density at radius 3 is 3.05 bits per heavy atom. The third kappa shape index (κ3) is 5.21. The Bertz CT molecular complexity index is 400. The van der Waals surface area contributed by atoms with Crippen molar-refractivity contribution in [3.8, 4) is 0 Å². The summed E-state index contributed by atoms with van der Waals surface area (Å²) in [7, 11) is 3.83. The molecule has 1 aliphatic carbocycles. The highest BCUT2D eigenvalue weighted by Gasteiger charge is 2.21. The van der Waals surface area contributed by atoms with Gasteiger partial charge in [-0.25, -0.2) is 0 Å². The average Bonchev–Trinajstić information content (AvgIpc) is 3.14. The fourth-order valence-electron chi connectivity index (χ4n) is 1.94. The van der Waals surface area contributed by atoms with Gasteiger partial charge in [-0.2, -0.15) is 5.10 Å². The lowest BCUT2D eigenvalue weighted by molar-refractivity contribution is 0.115. The zero-order valence-electron chi connectivity index (χ0n) is 12.5. The number of hydrogen-bond acceptors (Lipinski definition) is 3. The van der Waals surface area contributed by atoms with Crippen LogP contribution in [0.3, 0.4) is 0 Å². The molecule has 1 aromatic heterocycles. The molecule has 0 radical (unpaired) electrons. The average molecular weight is 279 g/mol. The van der Waals surface area contributed by atoms with Crippen molar-refractivity contribution in [2.75, 3.05) is 40.4 Å². The highest BCUT2D eigenvalue weighted by molar-refractivity contribution is 5.79. The van der Waals surface area contributed by atoms with Crippen LogP contribution in [0.2, 0.25) is 0 Å². The van der Waals surface area contributed by atoms with Crippen LogP contribution in [0.4, 0.5) is 0 Å². The highest BCUT2D eigenvalue weighted by Crippen LogP contribution is 2.28. The van der Waals surface area contributed by atoms with Crippen LogP contribution < -0.4 is 5.32 Å². The van der Waals surface area contributed by atoms with Crippen molar-refractivity contribution >= 4 is 5.96 Å². The molecule has 6 heteroatoms. The Morgan fingerprint density at radius 2 is 2.40 bits per heavy atom. The molecule has 1 heterocycles. The van der Waals surface area contributed by atoms with Crippen molar-refractivity contribution in [3.63, 3.8) is 0 Å². The molecule has 1 saturated carbocycles. The van der Waals surface area contributed by atoms with E-state index < -0.39 is 0 Å². The van der Waals surface area contributed by atoms with E-state index >= 15 is 0 Å². The van der Waals surface area contributed by atoms with Crippen molar-refractivity contribution < 1.29 is 4.74 Å². The molecule has 1 fully saturated rings. The molecule has 0 atom stereocenters. The second-order valence-electron chi connectivity index (χ2n) is 5.18. The Morgan fingerprint density at radius 1 is 1.55 bits per heavy atom. The van der Waals surface area contributed by atoms with E-state index in [-0.39, 0.29) is 0 Å². The van der Waals surface area contributed by atoms with Crippen LogP contribution >= 0.6 is 0 Å². The summed E-state index contributed by atoms with van der Waals surface area (Å²) in [6.07, 6.45) is 6.43. The van der Waals surface area contributed by atoms with Crippen molar-refractivity contribution in [1.82, 2.24) is 20.0 Å². The zero-order chi connectivity index (χ0) is 14.2. The molecule has 0 bridgehead atoms. The second-order valence-corrected chi connectivity index (χ2v) is 5.18. The first kappa shape index (κ1) is 14.8. The Labute approximate surface area is 120 Å². The largest absolute Gasteiger partial charge is 0.379 e. The van der Waals surface area contributed by atoms with Crippen LogP contribution in [-0.4, -0.2) is 61.0 Å². The van der Waals surface area contributed by atoms with Gasteiger partial charge >= 0.3 is 0 Å². The SMILES string of the molecule is CN=C(NCCn1cccn1)N(C)CCOCC1CC1. The van der Waals surface area contributed by atoms with E-state index in [4.69, 9.17) is 4.74 Å². The topological polar surface area (TPSA) is 54.7 Å². The molecule has 0 amide bonds. The van der Waals surface area contributed by atoms with Gasteiger partial charge in [-0.1, -0.05) is 0 Å². The number of aliphatic imine (C=N–C) groups is 1. The van der Waals surface area contributed by atoms with Crippen LogP contribution in [0, 0.1) is 5.92 Å². The van der Waals surface area contributed by atoms with Crippen LogP contribution in [0.1, 0.15) is 12.8 Å². The lowest BCUT2D eigenvalue weighted by atomic mass is 10.5. The first-order chi connectivity index (χ1) is 9.79. The van der Waals surface area contributed by atoms with Gasteiger partial charge in [0.2, 0.25) is 0 Å². The number of rotatable bonds is 8. The molecule has 6 nitrogen and oxygen atoms in total. The van der Waals surface area contributed by atoms with Gasteiger partial charge in [0, 0.05) is 46.2 Å². The van der Waals surface area contributed by atoms with Crippen LogP contribution in [-0.2, 0) is 11.3 Å². The molecular weight excluding hydrogens is 254 g/mol. The standard InChI is InChI=1S/C14H25N5O/c1-15-14(16-7-9-19-8-3-6-17-19)18(2)10-11-20-12-13-4-5-13/h3,6,8,13H,4-5,7,9-12H2,1-2H3,(H,15,16). The normalized spacial score (nSPS) is 15.4. The minimum absolute atomic E-state index is 0.757. The maximum Gasteiger partial charge on any atom is 0.193 e. The molecule has 0 spiro atoms. The van der Waals surface area contributed by atoms with Gasteiger partial charge in [0.15, 0.2) is 5.96 Å². The third-order valence-electron chi connectivity index (χ3n) is 3.38. The molecule has 1 N–H and O–H groups in total. The van der Waals surface area contributed by atoms with E-state index in [0.29, 0.717) is 0 Å². The van der Waals surface area contributed by atoms with Gasteiger partial charge in [-0.15, -0.1) is 0 Å². The van der Waals surface area contributed by atoms with Gasteiger partial charge in [-0.05, 0) is 24.8 Å². The fourth-order valence-corrected chi connectivity index (χ4v) is 1.94. The third-order valence-corrected chi connectivity index (χ3v) is 3.38. The molecule has 1 aromatic rings. The Kier molecular flexibility index (Phi) is 5.86.